The number of hydrogen-bond acceptors (Lipinski definition) is 2. The fourth-order valence-corrected chi connectivity index (χ4v) is 2.55. The van der Waals surface area contributed by atoms with E-state index in [1.807, 2.05) is 6.20 Å². The molecule has 74 valence electrons. The maximum Gasteiger partial charge on any atom is 0.0486 e. The van der Waals surface area contributed by atoms with E-state index in [9.17, 15) is 0 Å². The molecule has 0 saturated heterocycles. The first-order chi connectivity index (χ1) is 6.66. The summed E-state index contributed by atoms with van der Waals surface area (Å²) in [6.07, 6.45) is 6.75. The third-order valence-corrected chi connectivity index (χ3v) is 3.90. The molecular formula is C12H16N2. The van der Waals surface area contributed by atoms with E-state index in [0.29, 0.717) is 0 Å². The molecular weight excluding hydrogens is 172 g/mol. The second-order valence-electron chi connectivity index (χ2n) is 4.96. The highest BCUT2D eigenvalue weighted by Crippen LogP contribution is 2.63. The van der Waals surface area contributed by atoms with Gasteiger partial charge in [0.1, 0.15) is 0 Å². The standard InChI is InChI=1S/C12H16N2/c1-9-2-7-14-10(8-9)11(3-4-11)12(13)5-6-12/h2,7-8H,3-6,13H2,1H3. The first-order valence-electron chi connectivity index (χ1n) is 5.38. The van der Waals surface area contributed by atoms with Gasteiger partial charge < -0.3 is 5.73 Å². The molecule has 2 fully saturated rings. The molecule has 0 atom stereocenters. The number of aromatic nitrogens is 1. The van der Waals surface area contributed by atoms with Gasteiger partial charge in [0.25, 0.3) is 0 Å². The van der Waals surface area contributed by atoms with Gasteiger partial charge in [0.2, 0.25) is 0 Å². The van der Waals surface area contributed by atoms with Crippen molar-refractivity contribution in [2.75, 3.05) is 0 Å². The van der Waals surface area contributed by atoms with Crippen LogP contribution in [0.15, 0.2) is 18.3 Å². The first kappa shape index (κ1) is 8.42. The molecule has 0 spiro atoms. The molecule has 1 heterocycles. The van der Waals surface area contributed by atoms with Crippen LogP contribution in [0.5, 0.6) is 0 Å². The Balaban J connectivity index is 2.02. The van der Waals surface area contributed by atoms with Crippen molar-refractivity contribution in [3.05, 3.63) is 29.6 Å². The van der Waals surface area contributed by atoms with Crippen LogP contribution in [-0.2, 0) is 5.41 Å². The van der Waals surface area contributed by atoms with Gasteiger partial charge in [-0.1, -0.05) is 0 Å². The third kappa shape index (κ3) is 0.976. The zero-order valence-corrected chi connectivity index (χ0v) is 8.59. The summed E-state index contributed by atoms with van der Waals surface area (Å²) in [6, 6.07) is 4.26. The van der Waals surface area contributed by atoms with Gasteiger partial charge in [-0.15, -0.1) is 0 Å². The Morgan fingerprint density at radius 2 is 2.00 bits per heavy atom. The van der Waals surface area contributed by atoms with Crippen molar-refractivity contribution in [3.8, 4) is 0 Å². The molecule has 14 heavy (non-hydrogen) atoms. The second-order valence-corrected chi connectivity index (χ2v) is 4.96. The summed E-state index contributed by atoms with van der Waals surface area (Å²) in [5.74, 6) is 0. The molecule has 2 heteroatoms. The molecule has 2 saturated carbocycles. The molecule has 0 unspecified atom stereocenters. The maximum absolute atomic E-state index is 6.33. The average Bonchev–Trinajstić information content (AvgIpc) is 2.98. The minimum atomic E-state index is 0.0911. The Morgan fingerprint density at radius 1 is 1.29 bits per heavy atom. The first-order valence-corrected chi connectivity index (χ1v) is 5.38. The van der Waals surface area contributed by atoms with Crippen molar-refractivity contribution in [3.63, 3.8) is 0 Å². The van der Waals surface area contributed by atoms with Gasteiger partial charge in [-0.3, -0.25) is 4.98 Å². The van der Waals surface area contributed by atoms with Crippen molar-refractivity contribution in [1.82, 2.24) is 4.98 Å². The van der Waals surface area contributed by atoms with Crippen molar-refractivity contribution in [1.29, 1.82) is 0 Å². The molecule has 0 aliphatic heterocycles. The minimum Gasteiger partial charge on any atom is -0.324 e. The highest BCUT2D eigenvalue weighted by atomic mass is 14.9. The quantitative estimate of drug-likeness (QED) is 0.770. The van der Waals surface area contributed by atoms with Gasteiger partial charge in [-0.05, 0) is 50.3 Å². The lowest BCUT2D eigenvalue weighted by atomic mass is 9.89. The highest BCUT2D eigenvalue weighted by Gasteiger charge is 2.64. The maximum atomic E-state index is 6.33. The van der Waals surface area contributed by atoms with Crippen LogP contribution in [0, 0.1) is 6.92 Å². The molecule has 0 aromatic carbocycles. The molecule has 2 aliphatic rings. The van der Waals surface area contributed by atoms with E-state index in [4.69, 9.17) is 5.73 Å². The van der Waals surface area contributed by atoms with Crippen LogP contribution < -0.4 is 5.73 Å². The molecule has 2 nitrogen and oxygen atoms in total. The molecule has 0 bridgehead atoms. The zero-order chi connectivity index (χ0) is 9.81. The minimum absolute atomic E-state index is 0.0911. The number of hydrogen-bond donors (Lipinski definition) is 1. The van der Waals surface area contributed by atoms with Gasteiger partial charge in [-0.2, -0.15) is 0 Å². The van der Waals surface area contributed by atoms with E-state index in [2.05, 4.69) is 24.0 Å². The fourth-order valence-electron chi connectivity index (χ4n) is 2.55. The summed E-state index contributed by atoms with van der Waals surface area (Å²) in [5.41, 5.74) is 9.20. The average molecular weight is 188 g/mol. The van der Waals surface area contributed by atoms with Crippen molar-refractivity contribution >= 4 is 0 Å². The number of aryl methyl sites for hydroxylation is 1. The summed E-state index contributed by atoms with van der Waals surface area (Å²) < 4.78 is 0. The Hall–Kier alpha value is -0.890. The highest BCUT2D eigenvalue weighted by molar-refractivity contribution is 5.37. The van der Waals surface area contributed by atoms with Crippen molar-refractivity contribution in [2.24, 2.45) is 5.73 Å². The summed E-state index contributed by atoms with van der Waals surface area (Å²) >= 11 is 0. The van der Waals surface area contributed by atoms with Crippen LogP contribution in [0.2, 0.25) is 0 Å². The van der Waals surface area contributed by atoms with E-state index in [-0.39, 0.29) is 11.0 Å². The SMILES string of the molecule is Cc1ccnc(C2(C3(N)CC3)CC2)c1. The van der Waals surface area contributed by atoms with Gasteiger partial charge in [0.15, 0.2) is 0 Å². The number of nitrogens with two attached hydrogens (primary N) is 1. The van der Waals surface area contributed by atoms with Crippen LogP contribution in [-0.4, -0.2) is 10.5 Å². The van der Waals surface area contributed by atoms with Crippen LogP contribution in [0.1, 0.15) is 36.9 Å². The smallest absolute Gasteiger partial charge is 0.0486 e. The third-order valence-electron chi connectivity index (χ3n) is 3.90. The van der Waals surface area contributed by atoms with Crippen LogP contribution in [0.25, 0.3) is 0 Å². The Bertz CT molecular complexity index is 376. The fraction of sp³-hybridized carbons (Fsp3) is 0.583. The topological polar surface area (TPSA) is 38.9 Å². The molecule has 0 radical (unpaired) electrons. The zero-order valence-electron chi connectivity index (χ0n) is 8.59. The summed E-state index contributed by atoms with van der Waals surface area (Å²) in [5, 5.41) is 0. The van der Waals surface area contributed by atoms with Gasteiger partial charge >= 0.3 is 0 Å². The second kappa shape index (κ2) is 2.37. The van der Waals surface area contributed by atoms with Gasteiger partial charge in [0, 0.05) is 22.8 Å². The molecule has 2 aliphatic carbocycles. The lowest BCUT2D eigenvalue weighted by Gasteiger charge is -2.22. The van der Waals surface area contributed by atoms with Gasteiger partial charge in [-0.25, -0.2) is 0 Å². The van der Waals surface area contributed by atoms with E-state index in [0.717, 1.165) is 0 Å². The predicted octanol–water partition coefficient (Wildman–Crippen LogP) is 1.91. The van der Waals surface area contributed by atoms with Crippen LogP contribution >= 0.6 is 0 Å². The summed E-state index contributed by atoms with van der Waals surface area (Å²) in [4.78, 5) is 4.50. The van der Waals surface area contributed by atoms with E-state index >= 15 is 0 Å². The number of pyridine rings is 1. The Labute approximate surface area is 84.5 Å². The van der Waals surface area contributed by atoms with Gasteiger partial charge in [0.05, 0.1) is 0 Å². The van der Waals surface area contributed by atoms with E-state index in [1.165, 1.54) is 36.9 Å². The molecule has 3 rings (SSSR count). The number of rotatable bonds is 2. The van der Waals surface area contributed by atoms with Crippen LogP contribution in [0.4, 0.5) is 0 Å². The van der Waals surface area contributed by atoms with Crippen molar-refractivity contribution < 1.29 is 0 Å². The predicted molar refractivity (Wildman–Crippen MR) is 56.0 cm³/mol. The molecule has 0 amide bonds. The summed E-state index contributed by atoms with van der Waals surface area (Å²) in [7, 11) is 0. The monoisotopic (exact) mass is 188 g/mol. The van der Waals surface area contributed by atoms with Crippen LogP contribution in [0.3, 0.4) is 0 Å². The Morgan fingerprint density at radius 3 is 2.50 bits per heavy atom. The summed E-state index contributed by atoms with van der Waals surface area (Å²) in [6.45, 7) is 2.12. The van der Waals surface area contributed by atoms with Crippen molar-refractivity contribution in [2.45, 2.75) is 43.6 Å². The van der Waals surface area contributed by atoms with E-state index in [1.54, 1.807) is 0 Å². The lowest BCUT2D eigenvalue weighted by molar-refractivity contribution is 0.491. The normalized spacial score (nSPS) is 25.9. The molecule has 1 aromatic rings. The molecule has 2 N–H and O–H groups in total. The Kier molecular flexibility index (Phi) is 1.43. The largest absolute Gasteiger partial charge is 0.324 e. The molecule has 1 aromatic heterocycles. The van der Waals surface area contributed by atoms with E-state index < -0.39 is 0 Å². The number of nitrogens with zero attached hydrogens (tertiary/aromatic N) is 1. The lowest BCUT2D eigenvalue weighted by Crippen LogP contribution is -2.37.